The average Bonchev–Trinajstić information content (AvgIpc) is 3.34. The van der Waals surface area contributed by atoms with Gasteiger partial charge in [-0.15, -0.1) is 0 Å². The van der Waals surface area contributed by atoms with Crippen LogP contribution in [0.2, 0.25) is 0 Å². The summed E-state index contributed by atoms with van der Waals surface area (Å²) in [7, 11) is 0. The number of ether oxygens (including phenoxy) is 2. The number of likely N-dealkylation sites (tertiary alicyclic amines) is 1. The van der Waals surface area contributed by atoms with Crippen molar-refractivity contribution in [3.63, 3.8) is 0 Å². The molecule has 3 N–H and O–H groups in total. The van der Waals surface area contributed by atoms with E-state index in [-0.39, 0.29) is 24.0 Å². The van der Waals surface area contributed by atoms with Gasteiger partial charge in [-0.25, -0.2) is 0 Å². The van der Waals surface area contributed by atoms with Crippen LogP contribution in [0.3, 0.4) is 0 Å². The monoisotopic (exact) mass is 373 g/mol. The summed E-state index contributed by atoms with van der Waals surface area (Å²) in [4.78, 5) is 39.2. The molecule has 0 saturated carbocycles. The number of rotatable bonds is 6. The zero-order chi connectivity index (χ0) is 19.1. The van der Waals surface area contributed by atoms with E-state index in [4.69, 9.17) is 15.2 Å². The maximum Gasteiger partial charge on any atom is 0.247 e. The van der Waals surface area contributed by atoms with Crippen molar-refractivity contribution in [3.8, 4) is 5.75 Å². The molecular formula is C19H23N3O5. The Hall–Kier alpha value is -2.45. The first-order valence-electron chi connectivity index (χ1n) is 9.27. The molecule has 5 unspecified atom stereocenters. The van der Waals surface area contributed by atoms with Crippen LogP contribution in [-0.2, 0) is 19.1 Å². The summed E-state index contributed by atoms with van der Waals surface area (Å²) in [5.74, 6) is -1.17. The summed E-state index contributed by atoms with van der Waals surface area (Å²) in [5.41, 5.74) is 5.96. The summed E-state index contributed by atoms with van der Waals surface area (Å²) in [5, 5.41) is 2.75. The lowest BCUT2D eigenvalue weighted by Gasteiger charge is -2.24. The maximum absolute atomic E-state index is 12.7. The summed E-state index contributed by atoms with van der Waals surface area (Å²) in [6.07, 6.45) is 1.24. The molecule has 8 nitrogen and oxygen atoms in total. The van der Waals surface area contributed by atoms with E-state index in [1.165, 1.54) is 0 Å². The van der Waals surface area contributed by atoms with Crippen LogP contribution in [0.25, 0.3) is 0 Å². The molecule has 0 aromatic heterocycles. The number of fused-ring (bicyclic) bond motifs is 5. The van der Waals surface area contributed by atoms with E-state index in [1.54, 1.807) is 31.2 Å². The number of benzene rings is 1. The average molecular weight is 373 g/mol. The minimum Gasteiger partial charge on any atom is -0.492 e. The Morgan fingerprint density at radius 2 is 1.81 bits per heavy atom. The molecule has 27 heavy (non-hydrogen) atoms. The van der Waals surface area contributed by atoms with Crippen LogP contribution < -0.4 is 15.8 Å². The first-order chi connectivity index (χ1) is 13.0. The van der Waals surface area contributed by atoms with E-state index in [1.807, 2.05) is 0 Å². The van der Waals surface area contributed by atoms with Crippen LogP contribution in [0.5, 0.6) is 5.75 Å². The van der Waals surface area contributed by atoms with E-state index >= 15 is 0 Å². The standard InChI is InChI=1S/C19H23N3O5/c1-10(17(23)21-11-2-4-12(5-3-11)26-9-8-20)22-18(24)15-13-6-7-14(27-13)16(15)19(22)25/h2-5,10,13-16H,6-9,20H2,1H3,(H,21,23). The van der Waals surface area contributed by atoms with Gasteiger partial charge in [0.2, 0.25) is 17.7 Å². The van der Waals surface area contributed by atoms with Gasteiger partial charge >= 0.3 is 0 Å². The molecule has 3 amide bonds. The molecular weight excluding hydrogens is 350 g/mol. The number of nitrogens with two attached hydrogens (primary N) is 1. The van der Waals surface area contributed by atoms with Crippen LogP contribution in [-0.4, -0.2) is 54.0 Å². The van der Waals surface area contributed by atoms with Gasteiger partial charge in [-0.3, -0.25) is 19.3 Å². The maximum atomic E-state index is 12.7. The Morgan fingerprint density at radius 1 is 1.22 bits per heavy atom. The predicted molar refractivity (Wildman–Crippen MR) is 95.8 cm³/mol. The largest absolute Gasteiger partial charge is 0.492 e. The van der Waals surface area contributed by atoms with Crippen molar-refractivity contribution in [1.82, 2.24) is 4.90 Å². The quantitative estimate of drug-likeness (QED) is 0.703. The van der Waals surface area contributed by atoms with Crippen LogP contribution in [0, 0.1) is 11.8 Å². The third-order valence-corrected chi connectivity index (χ3v) is 5.59. The van der Waals surface area contributed by atoms with Gasteiger partial charge < -0.3 is 20.5 Å². The van der Waals surface area contributed by atoms with Crippen molar-refractivity contribution < 1.29 is 23.9 Å². The van der Waals surface area contributed by atoms with Gasteiger partial charge in [0.15, 0.2) is 0 Å². The van der Waals surface area contributed by atoms with Crippen LogP contribution in [0.4, 0.5) is 5.69 Å². The topological polar surface area (TPSA) is 111 Å². The molecule has 0 spiro atoms. The second-order valence-corrected chi connectivity index (χ2v) is 7.22. The summed E-state index contributed by atoms with van der Waals surface area (Å²) in [6, 6.07) is 5.98. The van der Waals surface area contributed by atoms with E-state index < -0.39 is 23.8 Å². The minimum absolute atomic E-state index is 0.183. The van der Waals surface area contributed by atoms with E-state index in [0.29, 0.717) is 24.6 Å². The second kappa shape index (κ2) is 6.94. The first-order valence-corrected chi connectivity index (χ1v) is 9.27. The number of hydrogen-bond acceptors (Lipinski definition) is 6. The van der Waals surface area contributed by atoms with Crippen molar-refractivity contribution in [2.75, 3.05) is 18.5 Å². The molecule has 3 fully saturated rings. The smallest absolute Gasteiger partial charge is 0.247 e. The molecule has 3 saturated heterocycles. The van der Waals surface area contributed by atoms with Crippen molar-refractivity contribution >= 4 is 23.4 Å². The number of anilines is 1. The Bertz CT molecular complexity index is 737. The number of imide groups is 1. The Balaban J connectivity index is 1.42. The highest BCUT2D eigenvalue weighted by Crippen LogP contribution is 2.48. The van der Waals surface area contributed by atoms with Gasteiger partial charge in [0.1, 0.15) is 18.4 Å². The van der Waals surface area contributed by atoms with Crippen molar-refractivity contribution in [2.24, 2.45) is 17.6 Å². The van der Waals surface area contributed by atoms with E-state index in [0.717, 1.165) is 17.7 Å². The molecule has 0 radical (unpaired) electrons. The van der Waals surface area contributed by atoms with Gasteiger partial charge in [0.25, 0.3) is 0 Å². The highest BCUT2D eigenvalue weighted by atomic mass is 16.5. The van der Waals surface area contributed by atoms with Gasteiger partial charge in [-0.05, 0) is 44.0 Å². The SMILES string of the molecule is CC(C(=O)Nc1ccc(OCCN)cc1)N1C(=O)C2C3CCC(O3)C2C1=O. The van der Waals surface area contributed by atoms with Crippen molar-refractivity contribution in [1.29, 1.82) is 0 Å². The zero-order valence-electron chi connectivity index (χ0n) is 15.1. The number of carbonyl (C=O) groups excluding carboxylic acids is 3. The minimum atomic E-state index is -0.872. The fraction of sp³-hybridized carbons (Fsp3) is 0.526. The van der Waals surface area contributed by atoms with Crippen LogP contribution in [0.15, 0.2) is 24.3 Å². The zero-order valence-corrected chi connectivity index (χ0v) is 15.1. The van der Waals surface area contributed by atoms with Gasteiger partial charge in [0, 0.05) is 12.2 Å². The van der Waals surface area contributed by atoms with Crippen LogP contribution >= 0.6 is 0 Å². The fourth-order valence-electron chi connectivity index (χ4n) is 4.29. The molecule has 3 aliphatic rings. The number of nitrogens with zero attached hydrogens (tertiary/aromatic N) is 1. The molecule has 4 rings (SSSR count). The number of carbonyl (C=O) groups is 3. The van der Waals surface area contributed by atoms with E-state index in [2.05, 4.69) is 5.32 Å². The van der Waals surface area contributed by atoms with Gasteiger partial charge in [-0.1, -0.05) is 0 Å². The first kappa shape index (κ1) is 17.9. The van der Waals surface area contributed by atoms with Crippen molar-refractivity contribution in [2.45, 2.75) is 38.0 Å². The Labute approximate surface area is 157 Å². The molecule has 5 atom stereocenters. The molecule has 3 aliphatic heterocycles. The van der Waals surface area contributed by atoms with E-state index in [9.17, 15) is 14.4 Å². The Morgan fingerprint density at radius 3 is 2.37 bits per heavy atom. The lowest BCUT2D eigenvalue weighted by molar-refractivity contribution is -0.148. The lowest BCUT2D eigenvalue weighted by Crippen LogP contribution is -2.47. The highest BCUT2D eigenvalue weighted by molar-refractivity contribution is 6.10. The highest BCUT2D eigenvalue weighted by Gasteiger charge is 2.63. The molecule has 1 aromatic rings. The van der Waals surface area contributed by atoms with Gasteiger partial charge in [0.05, 0.1) is 24.0 Å². The predicted octanol–water partition coefficient (Wildman–Crippen LogP) is 0.514. The summed E-state index contributed by atoms with van der Waals surface area (Å²) >= 11 is 0. The molecule has 2 bridgehead atoms. The van der Waals surface area contributed by atoms with Crippen molar-refractivity contribution in [3.05, 3.63) is 24.3 Å². The fourth-order valence-corrected chi connectivity index (χ4v) is 4.29. The third kappa shape index (κ3) is 2.98. The summed E-state index contributed by atoms with van der Waals surface area (Å²) in [6.45, 7) is 2.41. The lowest BCUT2D eigenvalue weighted by atomic mass is 9.81. The second-order valence-electron chi connectivity index (χ2n) is 7.22. The third-order valence-electron chi connectivity index (χ3n) is 5.59. The molecule has 3 heterocycles. The summed E-state index contributed by atoms with van der Waals surface area (Å²) < 4.78 is 11.1. The number of nitrogens with one attached hydrogen (secondary N) is 1. The molecule has 8 heteroatoms. The van der Waals surface area contributed by atoms with Crippen LogP contribution in [0.1, 0.15) is 19.8 Å². The molecule has 1 aromatic carbocycles. The Kier molecular flexibility index (Phi) is 4.61. The van der Waals surface area contributed by atoms with Gasteiger partial charge in [-0.2, -0.15) is 0 Å². The molecule has 0 aliphatic carbocycles. The molecule has 144 valence electrons. The normalized spacial score (nSPS) is 29.8. The number of hydrogen-bond donors (Lipinski definition) is 2. The number of amides is 3.